The van der Waals surface area contributed by atoms with E-state index in [9.17, 15) is 4.79 Å². The number of hydrogen-bond acceptors (Lipinski definition) is 4. The van der Waals surface area contributed by atoms with Gasteiger partial charge in [0.1, 0.15) is 5.75 Å². The van der Waals surface area contributed by atoms with Crippen LogP contribution in [0.2, 0.25) is 0 Å². The second-order valence-electron chi connectivity index (χ2n) is 5.11. The van der Waals surface area contributed by atoms with Crippen LogP contribution in [0.1, 0.15) is 41.5 Å². The molecular formula is C16H20N2O3. The Balaban J connectivity index is 2.51. The number of benzene rings is 1. The highest BCUT2D eigenvalue weighted by molar-refractivity contribution is 6.09. The lowest BCUT2D eigenvalue weighted by atomic mass is 10.0. The summed E-state index contributed by atoms with van der Waals surface area (Å²) in [5.74, 6) is 1.04. The van der Waals surface area contributed by atoms with Gasteiger partial charge in [-0.05, 0) is 32.4 Å². The Morgan fingerprint density at radius 3 is 2.43 bits per heavy atom. The van der Waals surface area contributed by atoms with Gasteiger partial charge < -0.3 is 9.47 Å². The van der Waals surface area contributed by atoms with Gasteiger partial charge in [0.2, 0.25) is 5.78 Å². The molecule has 0 N–H and O–H groups in total. The van der Waals surface area contributed by atoms with Crippen LogP contribution >= 0.6 is 0 Å². The number of aryl methyl sites for hydroxylation is 1. The first-order chi connectivity index (χ1) is 9.99. The lowest BCUT2D eigenvalue weighted by molar-refractivity contribution is 0.102. The van der Waals surface area contributed by atoms with Crippen molar-refractivity contribution in [1.82, 2.24) is 9.78 Å². The van der Waals surface area contributed by atoms with E-state index in [2.05, 4.69) is 5.10 Å². The van der Waals surface area contributed by atoms with Crippen molar-refractivity contribution >= 4 is 5.78 Å². The van der Waals surface area contributed by atoms with Crippen molar-refractivity contribution in [3.8, 4) is 11.5 Å². The van der Waals surface area contributed by atoms with Crippen LogP contribution in [0, 0.1) is 6.92 Å². The minimum Gasteiger partial charge on any atom is -0.496 e. The summed E-state index contributed by atoms with van der Waals surface area (Å²) in [6, 6.07) is 5.47. The third-order valence-electron chi connectivity index (χ3n) is 3.36. The van der Waals surface area contributed by atoms with Crippen molar-refractivity contribution in [2.75, 3.05) is 14.2 Å². The van der Waals surface area contributed by atoms with E-state index in [1.807, 2.05) is 26.8 Å². The molecule has 0 saturated heterocycles. The largest absolute Gasteiger partial charge is 0.496 e. The van der Waals surface area contributed by atoms with Gasteiger partial charge in [0.15, 0.2) is 11.4 Å². The number of ether oxygens (including phenoxy) is 2. The Kier molecular flexibility index (Phi) is 4.31. The van der Waals surface area contributed by atoms with Crippen LogP contribution in [0.4, 0.5) is 0 Å². The summed E-state index contributed by atoms with van der Waals surface area (Å²) in [5.41, 5.74) is 2.00. The molecule has 0 saturated carbocycles. The number of aromatic nitrogens is 2. The Bertz CT molecular complexity index is 660. The second kappa shape index (κ2) is 5.99. The number of rotatable bonds is 5. The number of carbonyl (C=O) groups is 1. The SMILES string of the molecule is COc1cc(C(=O)c2c(OC)cnn2C(C)C)ccc1C. The molecule has 1 aromatic carbocycles. The molecule has 0 atom stereocenters. The molecule has 5 nitrogen and oxygen atoms in total. The first kappa shape index (κ1) is 15.1. The molecule has 1 heterocycles. The lowest BCUT2D eigenvalue weighted by Gasteiger charge is -2.12. The van der Waals surface area contributed by atoms with Gasteiger partial charge in [0.25, 0.3) is 0 Å². The zero-order chi connectivity index (χ0) is 15.6. The molecule has 0 aliphatic carbocycles. The zero-order valence-electron chi connectivity index (χ0n) is 13.0. The fourth-order valence-corrected chi connectivity index (χ4v) is 2.20. The molecule has 2 aromatic rings. The standard InChI is InChI=1S/C16H20N2O3/c1-10(2)18-15(14(21-5)9-17-18)16(19)12-7-6-11(3)13(8-12)20-4/h6-10H,1-5H3. The second-order valence-corrected chi connectivity index (χ2v) is 5.11. The maximum Gasteiger partial charge on any atom is 0.214 e. The molecule has 2 rings (SSSR count). The van der Waals surface area contributed by atoms with Crippen molar-refractivity contribution in [3.05, 3.63) is 41.2 Å². The number of ketones is 1. The molecule has 0 radical (unpaired) electrons. The minimum atomic E-state index is -0.128. The van der Waals surface area contributed by atoms with E-state index >= 15 is 0 Å². The summed E-state index contributed by atoms with van der Waals surface area (Å²) in [6.07, 6.45) is 1.57. The van der Waals surface area contributed by atoms with Crippen LogP contribution in [0.25, 0.3) is 0 Å². The third-order valence-corrected chi connectivity index (χ3v) is 3.36. The highest BCUT2D eigenvalue weighted by Crippen LogP contribution is 2.26. The summed E-state index contributed by atoms with van der Waals surface area (Å²) in [6.45, 7) is 5.88. The summed E-state index contributed by atoms with van der Waals surface area (Å²) < 4.78 is 12.2. The minimum absolute atomic E-state index is 0.0696. The molecule has 21 heavy (non-hydrogen) atoms. The topological polar surface area (TPSA) is 53.4 Å². The molecule has 0 bridgehead atoms. The molecular weight excluding hydrogens is 268 g/mol. The fraction of sp³-hybridized carbons (Fsp3) is 0.375. The normalized spacial score (nSPS) is 10.8. The Morgan fingerprint density at radius 2 is 1.86 bits per heavy atom. The molecule has 1 aromatic heterocycles. The third kappa shape index (κ3) is 2.77. The Labute approximate surface area is 124 Å². The van der Waals surface area contributed by atoms with Gasteiger partial charge in [-0.3, -0.25) is 9.48 Å². The van der Waals surface area contributed by atoms with E-state index < -0.39 is 0 Å². The van der Waals surface area contributed by atoms with Crippen molar-refractivity contribution in [1.29, 1.82) is 0 Å². The first-order valence-corrected chi connectivity index (χ1v) is 6.80. The van der Waals surface area contributed by atoms with E-state index in [0.717, 1.165) is 5.56 Å². The quantitative estimate of drug-likeness (QED) is 0.794. The monoisotopic (exact) mass is 288 g/mol. The Morgan fingerprint density at radius 1 is 1.19 bits per heavy atom. The van der Waals surface area contributed by atoms with E-state index in [1.54, 1.807) is 30.1 Å². The van der Waals surface area contributed by atoms with Crippen LogP contribution < -0.4 is 9.47 Å². The molecule has 0 aliphatic heterocycles. The van der Waals surface area contributed by atoms with Crippen LogP contribution in [0.5, 0.6) is 11.5 Å². The average Bonchev–Trinajstić information content (AvgIpc) is 2.91. The first-order valence-electron chi connectivity index (χ1n) is 6.80. The fourth-order valence-electron chi connectivity index (χ4n) is 2.20. The van der Waals surface area contributed by atoms with E-state index in [0.29, 0.717) is 22.8 Å². The van der Waals surface area contributed by atoms with Crippen molar-refractivity contribution < 1.29 is 14.3 Å². The smallest absolute Gasteiger partial charge is 0.214 e. The predicted octanol–water partition coefficient (Wildman–Crippen LogP) is 3.02. The summed E-state index contributed by atoms with van der Waals surface area (Å²) in [5, 5.41) is 4.23. The average molecular weight is 288 g/mol. The van der Waals surface area contributed by atoms with E-state index in [4.69, 9.17) is 9.47 Å². The molecule has 112 valence electrons. The molecule has 0 fully saturated rings. The van der Waals surface area contributed by atoms with Gasteiger partial charge in [-0.25, -0.2) is 0 Å². The van der Waals surface area contributed by atoms with Gasteiger partial charge in [-0.1, -0.05) is 12.1 Å². The van der Waals surface area contributed by atoms with Crippen LogP contribution in [-0.2, 0) is 0 Å². The Hall–Kier alpha value is -2.30. The zero-order valence-corrected chi connectivity index (χ0v) is 13.0. The summed E-state index contributed by atoms with van der Waals surface area (Å²) in [7, 11) is 3.13. The van der Waals surface area contributed by atoms with Gasteiger partial charge in [0, 0.05) is 11.6 Å². The van der Waals surface area contributed by atoms with Crippen molar-refractivity contribution in [2.45, 2.75) is 26.8 Å². The molecule has 5 heteroatoms. The molecule has 0 aliphatic rings. The summed E-state index contributed by atoms with van der Waals surface area (Å²) >= 11 is 0. The molecule has 0 unspecified atom stereocenters. The lowest BCUT2D eigenvalue weighted by Crippen LogP contribution is -2.14. The number of carbonyl (C=O) groups excluding carboxylic acids is 1. The summed E-state index contributed by atoms with van der Waals surface area (Å²) in [4.78, 5) is 12.8. The van der Waals surface area contributed by atoms with Crippen LogP contribution in [0.3, 0.4) is 0 Å². The van der Waals surface area contributed by atoms with Crippen molar-refractivity contribution in [3.63, 3.8) is 0 Å². The van der Waals surface area contributed by atoms with Crippen LogP contribution in [0.15, 0.2) is 24.4 Å². The number of nitrogens with zero attached hydrogens (tertiary/aromatic N) is 2. The molecule has 0 amide bonds. The van der Waals surface area contributed by atoms with Crippen LogP contribution in [-0.4, -0.2) is 29.8 Å². The predicted molar refractivity (Wildman–Crippen MR) is 80.3 cm³/mol. The van der Waals surface area contributed by atoms with Gasteiger partial charge >= 0.3 is 0 Å². The number of methoxy groups -OCH3 is 2. The highest BCUT2D eigenvalue weighted by atomic mass is 16.5. The highest BCUT2D eigenvalue weighted by Gasteiger charge is 2.23. The van der Waals surface area contributed by atoms with Crippen molar-refractivity contribution in [2.24, 2.45) is 0 Å². The molecule has 0 spiro atoms. The van der Waals surface area contributed by atoms with E-state index in [-0.39, 0.29) is 11.8 Å². The maximum absolute atomic E-state index is 12.8. The van der Waals surface area contributed by atoms with Gasteiger partial charge in [0.05, 0.1) is 20.4 Å². The maximum atomic E-state index is 12.8. The van der Waals surface area contributed by atoms with Gasteiger partial charge in [-0.15, -0.1) is 0 Å². The van der Waals surface area contributed by atoms with E-state index in [1.165, 1.54) is 7.11 Å². The van der Waals surface area contributed by atoms with Gasteiger partial charge in [-0.2, -0.15) is 5.10 Å². The number of hydrogen-bond donors (Lipinski definition) is 0.